The second kappa shape index (κ2) is 4.19. The molecule has 0 aliphatic carbocycles. The number of aromatic nitrogens is 2. The highest BCUT2D eigenvalue weighted by Crippen LogP contribution is 2.04. The van der Waals surface area contributed by atoms with Crippen molar-refractivity contribution in [2.75, 3.05) is 6.61 Å². The van der Waals surface area contributed by atoms with Gasteiger partial charge in [0.15, 0.2) is 10.8 Å². The number of thiocarbonyl (C=S) groups is 1. The van der Waals surface area contributed by atoms with Gasteiger partial charge in [0.1, 0.15) is 0 Å². The van der Waals surface area contributed by atoms with Crippen molar-refractivity contribution >= 4 is 23.3 Å². The summed E-state index contributed by atoms with van der Waals surface area (Å²) in [6.07, 6.45) is 0. The molecule has 1 aromatic rings. The molecule has 0 spiro atoms. The van der Waals surface area contributed by atoms with Crippen LogP contribution in [-0.2, 0) is 4.74 Å². The Labute approximate surface area is 86.8 Å². The van der Waals surface area contributed by atoms with Gasteiger partial charge in [-0.25, -0.2) is 9.48 Å². The van der Waals surface area contributed by atoms with E-state index < -0.39 is 5.97 Å². The Balaban J connectivity index is 2.96. The molecule has 0 bridgehead atoms. The largest absolute Gasteiger partial charge is 0.461 e. The molecule has 2 N–H and O–H groups in total. The first-order valence-electron chi connectivity index (χ1n) is 4.10. The lowest BCUT2D eigenvalue weighted by molar-refractivity contribution is 0.0519. The fraction of sp³-hybridized carbons (Fsp3) is 0.375. The van der Waals surface area contributed by atoms with Crippen molar-refractivity contribution in [3.63, 3.8) is 0 Å². The lowest BCUT2D eigenvalue weighted by atomic mass is 10.4. The molecule has 0 unspecified atom stereocenters. The van der Waals surface area contributed by atoms with Gasteiger partial charge in [-0.2, -0.15) is 5.10 Å². The van der Waals surface area contributed by atoms with Gasteiger partial charge in [0.25, 0.3) is 0 Å². The van der Waals surface area contributed by atoms with E-state index in [0.717, 1.165) is 0 Å². The quantitative estimate of drug-likeness (QED) is 0.571. The highest BCUT2D eigenvalue weighted by molar-refractivity contribution is 7.80. The van der Waals surface area contributed by atoms with Gasteiger partial charge in [-0.05, 0) is 32.1 Å². The van der Waals surface area contributed by atoms with Gasteiger partial charge in [-0.15, -0.1) is 0 Å². The molecule has 0 amide bonds. The third-order valence-corrected chi connectivity index (χ3v) is 1.75. The van der Waals surface area contributed by atoms with Crippen LogP contribution in [0.4, 0.5) is 0 Å². The molecular formula is C8H11N3O2S. The van der Waals surface area contributed by atoms with Crippen molar-refractivity contribution in [2.45, 2.75) is 13.8 Å². The van der Waals surface area contributed by atoms with E-state index in [-0.39, 0.29) is 10.8 Å². The Morgan fingerprint density at radius 1 is 1.79 bits per heavy atom. The summed E-state index contributed by atoms with van der Waals surface area (Å²) < 4.78 is 6.10. The minimum Gasteiger partial charge on any atom is -0.461 e. The first-order valence-corrected chi connectivity index (χ1v) is 4.50. The van der Waals surface area contributed by atoms with Gasteiger partial charge in [-0.3, -0.25) is 0 Å². The molecule has 76 valence electrons. The smallest absolute Gasteiger partial charge is 0.358 e. The maximum absolute atomic E-state index is 11.3. The van der Waals surface area contributed by atoms with Crippen LogP contribution in [-0.4, -0.2) is 27.5 Å². The summed E-state index contributed by atoms with van der Waals surface area (Å²) in [5, 5.41) is 4.01. The maximum atomic E-state index is 11.3. The predicted molar refractivity (Wildman–Crippen MR) is 55.1 cm³/mol. The fourth-order valence-corrected chi connectivity index (χ4v) is 1.19. The molecule has 0 aromatic carbocycles. The van der Waals surface area contributed by atoms with Gasteiger partial charge < -0.3 is 10.5 Å². The first kappa shape index (κ1) is 10.6. The zero-order valence-electron chi connectivity index (χ0n) is 7.98. The molecule has 1 rings (SSSR count). The Morgan fingerprint density at radius 2 is 2.43 bits per heavy atom. The van der Waals surface area contributed by atoms with Crippen LogP contribution in [0, 0.1) is 6.92 Å². The Kier molecular flexibility index (Phi) is 3.19. The van der Waals surface area contributed by atoms with E-state index in [4.69, 9.17) is 22.7 Å². The number of carbonyl (C=O) groups excluding carboxylic acids is 1. The molecule has 1 heterocycles. The van der Waals surface area contributed by atoms with Crippen LogP contribution < -0.4 is 5.73 Å². The Bertz CT molecular complexity index is 373. The van der Waals surface area contributed by atoms with Gasteiger partial charge in [0.05, 0.1) is 6.61 Å². The predicted octanol–water partition coefficient (Wildman–Crippen LogP) is 0.460. The third kappa shape index (κ3) is 2.08. The summed E-state index contributed by atoms with van der Waals surface area (Å²) in [6.45, 7) is 3.81. The van der Waals surface area contributed by atoms with E-state index in [1.165, 1.54) is 4.68 Å². The van der Waals surface area contributed by atoms with Crippen molar-refractivity contribution in [3.8, 4) is 0 Å². The van der Waals surface area contributed by atoms with Crippen LogP contribution in [0.1, 0.15) is 23.1 Å². The van der Waals surface area contributed by atoms with Crippen molar-refractivity contribution in [1.82, 2.24) is 9.78 Å². The SMILES string of the molecule is CCOC(=O)c1cc(C)n(C(N)=S)n1. The summed E-state index contributed by atoms with van der Waals surface area (Å²) in [4.78, 5) is 11.3. The Hall–Kier alpha value is -1.43. The average Bonchev–Trinajstić information content (AvgIpc) is 2.48. The van der Waals surface area contributed by atoms with Crippen LogP contribution in [0.2, 0.25) is 0 Å². The van der Waals surface area contributed by atoms with Crippen LogP contribution >= 0.6 is 12.2 Å². The van der Waals surface area contributed by atoms with E-state index in [0.29, 0.717) is 12.3 Å². The molecule has 0 saturated heterocycles. The monoisotopic (exact) mass is 213 g/mol. The van der Waals surface area contributed by atoms with E-state index in [1.807, 2.05) is 0 Å². The third-order valence-electron chi connectivity index (χ3n) is 1.58. The Morgan fingerprint density at radius 3 is 2.86 bits per heavy atom. The number of nitrogens with zero attached hydrogens (tertiary/aromatic N) is 2. The zero-order chi connectivity index (χ0) is 10.7. The fourth-order valence-electron chi connectivity index (χ4n) is 1.00. The summed E-state index contributed by atoms with van der Waals surface area (Å²) in [6, 6.07) is 1.58. The molecule has 0 radical (unpaired) electrons. The van der Waals surface area contributed by atoms with Crippen molar-refractivity contribution in [3.05, 3.63) is 17.5 Å². The van der Waals surface area contributed by atoms with Gasteiger partial charge in [-0.1, -0.05) is 0 Å². The van der Waals surface area contributed by atoms with E-state index in [2.05, 4.69) is 5.10 Å². The number of hydrogen-bond acceptors (Lipinski definition) is 4. The number of carbonyl (C=O) groups is 1. The zero-order valence-corrected chi connectivity index (χ0v) is 8.80. The highest BCUT2D eigenvalue weighted by atomic mass is 32.1. The lowest BCUT2D eigenvalue weighted by Gasteiger charge is -1.98. The second-order valence-corrected chi connectivity index (χ2v) is 3.06. The average molecular weight is 213 g/mol. The van der Waals surface area contributed by atoms with Crippen molar-refractivity contribution in [1.29, 1.82) is 0 Å². The summed E-state index contributed by atoms with van der Waals surface area (Å²) in [5.41, 5.74) is 6.31. The number of rotatable bonds is 2. The van der Waals surface area contributed by atoms with Crippen molar-refractivity contribution in [2.24, 2.45) is 5.73 Å². The minimum atomic E-state index is -0.467. The van der Waals surface area contributed by atoms with Crippen LogP contribution in [0.15, 0.2) is 6.07 Å². The second-order valence-electron chi connectivity index (χ2n) is 2.64. The standard InChI is InChI=1S/C8H11N3O2S/c1-3-13-7(12)6-4-5(2)11(10-6)8(9)14/h4H,3H2,1-2H3,(H2,9,14). The lowest BCUT2D eigenvalue weighted by Crippen LogP contribution is -2.22. The molecule has 6 heteroatoms. The minimum absolute atomic E-state index is 0.109. The first-order chi connectivity index (χ1) is 6.56. The van der Waals surface area contributed by atoms with Crippen LogP contribution in [0.5, 0.6) is 0 Å². The molecule has 0 saturated carbocycles. The summed E-state index contributed by atoms with van der Waals surface area (Å²) in [5.74, 6) is -0.467. The maximum Gasteiger partial charge on any atom is 0.358 e. The number of ether oxygens (including phenoxy) is 1. The van der Waals surface area contributed by atoms with Gasteiger partial charge in [0, 0.05) is 5.69 Å². The van der Waals surface area contributed by atoms with Gasteiger partial charge >= 0.3 is 5.97 Å². The van der Waals surface area contributed by atoms with Gasteiger partial charge in [0.2, 0.25) is 0 Å². The van der Waals surface area contributed by atoms with Crippen molar-refractivity contribution < 1.29 is 9.53 Å². The molecule has 1 aromatic heterocycles. The highest BCUT2D eigenvalue weighted by Gasteiger charge is 2.13. The summed E-state index contributed by atoms with van der Waals surface area (Å²) in [7, 11) is 0. The normalized spacial score (nSPS) is 9.86. The molecule has 0 atom stereocenters. The summed E-state index contributed by atoms with van der Waals surface area (Å²) >= 11 is 4.74. The number of aryl methyl sites for hydroxylation is 1. The topological polar surface area (TPSA) is 70.1 Å². The molecular weight excluding hydrogens is 202 g/mol. The van der Waals surface area contributed by atoms with E-state index in [9.17, 15) is 4.79 Å². The molecule has 5 nitrogen and oxygen atoms in total. The van der Waals surface area contributed by atoms with E-state index in [1.54, 1.807) is 19.9 Å². The molecule has 0 fully saturated rings. The number of hydrogen-bond donors (Lipinski definition) is 1. The molecule has 0 aliphatic rings. The van der Waals surface area contributed by atoms with Crippen LogP contribution in [0.25, 0.3) is 0 Å². The molecule has 14 heavy (non-hydrogen) atoms. The number of nitrogens with two attached hydrogens (primary N) is 1. The van der Waals surface area contributed by atoms with E-state index >= 15 is 0 Å². The number of esters is 1. The van der Waals surface area contributed by atoms with Crippen LogP contribution in [0.3, 0.4) is 0 Å². The molecule has 0 aliphatic heterocycles.